The molecule has 0 unspecified atom stereocenters. The van der Waals surface area contributed by atoms with E-state index in [0.717, 1.165) is 0 Å². The van der Waals surface area contributed by atoms with Gasteiger partial charge in [0.25, 0.3) is 0 Å². The number of hydrogen-bond acceptors (Lipinski definition) is 7. The number of nitrogens with one attached hydrogen (secondary N) is 1. The van der Waals surface area contributed by atoms with Crippen LogP contribution in [0.3, 0.4) is 0 Å². The van der Waals surface area contributed by atoms with E-state index in [9.17, 15) is 13.2 Å². The predicted octanol–water partition coefficient (Wildman–Crippen LogP) is 2.06. The van der Waals surface area contributed by atoms with Crippen molar-refractivity contribution in [3.63, 3.8) is 0 Å². The largest absolute Gasteiger partial charge is 0.476 e. The molecule has 0 atom stereocenters. The second kappa shape index (κ2) is 9.71. The van der Waals surface area contributed by atoms with Gasteiger partial charge >= 0.3 is 12.2 Å². The lowest BCUT2D eigenvalue weighted by Gasteiger charge is -2.08. The summed E-state index contributed by atoms with van der Waals surface area (Å²) in [7, 11) is 0. The van der Waals surface area contributed by atoms with E-state index in [1.165, 1.54) is 24.7 Å². The normalized spacial score (nSPS) is 11.9. The molecule has 3 N–H and O–H groups in total. The molecule has 9 nitrogen and oxygen atoms in total. The van der Waals surface area contributed by atoms with Crippen LogP contribution in [0, 0.1) is 0 Å². The summed E-state index contributed by atoms with van der Waals surface area (Å²) in [5.74, 6) is 0.0143. The molecule has 27 heavy (non-hydrogen) atoms. The number of halogens is 4. The second-order valence-electron chi connectivity index (χ2n) is 4.90. The summed E-state index contributed by atoms with van der Waals surface area (Å²) in [6, 6.07) is 1.43. The number of guanidine groups is 1. The van der Waals surface area contributed by atoms with Crippen LogP contribution in [-0.4, -0.2) is 51.8 Å². The van der Waals surface area contributed by atoms with Crippen LogP contribution in [0.5, 0.6) is 11.9 Å². The molecule has 0 saturated heterocycles. The van der Waals surface area contributed by atoms with Crippen LogP contribution in [0.4, 0.5) is 19.0 Å². The van der Waals surface area contributed by atoms with Gasteiger partial charge in [0.1, 0.15) is 12.4 Å². The Morgan fingerprint density at radius 2 is 2.00 bits per heavy atom. The number of aliphatic imine (C=N–C) groups is 1. The highest BCUT2D eigenvalue weighted by Gasteiger charge is 2.26. The summed E-state index contributed by atoms with van der Waals surface area (Å²) in [5, 5.41) is 2.65. The summed E-state index contributed by atoms with van der Waals surface area (Å²) in [6.07, 6.45) is 0.224. The van der Waals surface area contributed by atoms with Gasteiger partial charge in [0.2, 0.25) is 5.88 Å². The van der Waals surface area contributed by atoms with E-state index in [-0.39, 0.29) is 23.6 Å². The minimum absolute atomic E-state index is 0.0196. The summed E-state index contributed by atoms with van der Waals surface area (Å²) < 4.78 is 46.9. The molecule has 0 aromatic carbocycles. The minimum Gasteiger partial charge on any atom is -0.476 e. The van der Waals surface area contributed by atoms with Crippen molar-refractivity contribution < 1.29 is 22.6 Å². The fourth-order valence-corrected chi connectivity index (χ4v) is 1.76. The van der Waals surface area contributed by atoms with E-state index in [1.807, 2.05) is 0 Å². The lowest BCUT2D eigenvalue weighted by molar-refractivity contribution is -0.118. The molecule has 0 spiro atoms. The SMILES string of the molecule is NC(=NCC(F)(F)F)Nc1ccnc(OCCCOc2cncc(Cl)n2)n1. The lowest BCUT2D eigenvalue weighted by atomic mass is 10.5. The van der Waals surface area contributed by atoms with Gasteiger partial charge in [0, 0.05) is 12.6 Å². The number of nitrogens with zero attached hydrogens (tertiary/aromatic N) is 5. The quantitative estimate of drug-likeness (QED) is 0.389. The van der Waals surface area contributed by atoms with Crippen molar-refractivity contribution in [1.29, 1.82) is 0 Å². The van der Waals surface area contributed by atoms with Gasteiger partial charge in [0.15, 0.2) is 11.1 Å². The molecular weight excluding hydrogens is 391 g/mol. The molecule has 2 heterocycles. The van der Waals surface area contributed by atoms with E-state index in [1.54, 1.807) is 0 Å². The van der Waals surface area contributed by atoms with Crippen molar-refractivity contribution in [2.75, 3.05) is 25.1 Å². The Kier molecular flexibility index (Phi) is 7.34. The van der Waals surface area contributed by atoms with Gasteiger partial charge in [-0.3, -0.25) is 4.98 Å². The third-order valence-corrected chi connectivity index (χ3v) is 2.85. The number of aromatic nitrogens is 4. The van der Waals surface area contributed by atoms with Gasteiger partial charge in [-0.25, -0.2) is 9.98 Å². The van der Waals surface area contributed by atoms with E-state index in [4.69, 9.17) is 26.8 Å². The zero-order chi connectivity index (χ0) is 19.7. The number of nitrogens with two attached hydrogens (primary N) is 1. The van der Waals surface area contributed by atoms with Crippen molar-refractivity contribution in [3.8, 4) is 11.9 Å². The van der Waals surface area contributed by atoms with Crippen LogP contribution in [0.1, 0.15) is 6.42 Å². The second-order valence-corrected chi connectivity index (χ2v) is 5.28. The fraction of sp³-hybridized carbons (Fsp3) is 0.357. The van der Waals surface area contributed by atoms with Crippen LogP contribution in [0.25, 0.3) is 0 Å². The Labute approximate surface area is 156 Å². The number of rotatable bonds is 8. The zero-order valence-electron chi connectivity index (χ0n) is 13.8. The molecule has 0 bridgehead atoms. The first-order valence-corrected chi connectivity index (χ1v) is 7.89. The monoisotopic (exact) mass is 405 g/mol. The highest BCUT2D eigenvalue weighted by atomic mass is 35.5. The molecule has 0 amide bonds. The first kappa shape index (κ1) is 20.4. The van der Waals surface area contributed by atoms with Gasteiger partial charge in [0.05, 0.1) is 25.6 Å². The molecule has 0 fully saturated rings. The predicted molar refractivity (Wildman–Crippen MR) is 90.8 cm³/mol. The number of hydrogen-bond donors (Lipinski definition) is 2. The van der Waals surface area contributed by atoms with E-state index in [2.05, 4.69) is 30.2 Å². The summed E-state index contributed by atoms with van der Waals surface area (Å²) in [5.41, 5.74) is 5.37. The average molecular weight is 406 g/mol. The highest BCUT2D eigenvalue weighted by molar-refractivity contribution is 6.29. The van der Waals surface area contributed by atoms with E-state index < -0.39 is 18.7 Å². The molecule has 2 aromatic rings. The Hall–Kier alpha value is -2.89. The zero-order valence-corrected chi connectivity index (χ0v) is 14.5. The third kappa shape index (κ3) is 8.35. The molecule has 2 rings (SSSR count). The number of ether oxygens (including phenoxy) is 2. The molecule has 0 saturated carbocycles. The van der Waals surface area contributed by atoms with E-state index in [0.29, 0.717) is 18.9 Å². The highest BCUT2D eigenvalue weighted by Crippen LogP contribution is 2.14. The number of alkyl halides is 3. The third-order valence-electron chi connectivity index (χ3n) is 2.67. The van der Waals surface area contributed by atoms with Crippen molar-refractivity contribution in [3.05, 3.63) is 29.8 Å². The van der Waals surface area contributed by atoms with Crippen LogP contribution in [-0.2, 0) is 0 Å². The average Bonchev–Trinajstić information content (AvgIpc) is 2.60. The molecule has 2 aromatic heterocycles. The van der Waals surface area contributed by atoms with Gasteiger partial charge in [-0.15, -0.1) is 0 Å². The van der Waals surface area contributed by atoms with Gasteiger partial charge in [-0.1, -0.05) is 11.6 Å². The maximum Gasteiger partial charge on any atom is 0.408 e. The Morgan fingerprint density at radius 3 is 2.74 bits per heavy atom. The first-order valence-electron chi connectivity index (χ1n) is 7.52. The Bertz CT molecular complexity index is 776. The van der Waals surface area contributed by atoms with Gasteiger partial charge in [-0.2, -0.15) is 23.1 Å². The Balaban J connectivity index is 1.75. The van der Waals surface area contributed by atoms with Gasteiger partial charge in [-0.05, 0) is 6.07 Å². The van der Waals surface area contributed by atoms with Crippen LogP contribution < -0.4 is 20.5 Å². The van der Waals surface area contributed by atoms with Gasteiger partial charge < -0.3 is 20.5 Å². The number of anilines is 1. The molecule has 0 aliphatic carbocycles. The van der Waals surface area contributed by atoms with Crippen LogP contribution >= 0.6 is 11.6 Å². The molecule has 0 aliphatic rings. The summed E-state index contributed by atoms with van der Waals surface area (Å²) in [4.78, 5) is 18.7. The molecule has 146 valence electrons. The fourth-order valence-electron chi connectivity index (χ4n) is 1.62. The topological polar surface area (TPSA) is 120 Å². The van der Waals surface area contributed by atoms with Crippen molar-refractivity contribution in [2.45, 2.75) is 12.6 Å². The van der Waals surface area contributed by atoms with Crippen molar-refractivity contribution in [2.24, 2.45) is 10.7 Å². The van der Waals surface area contributed by atoms with Crippen LogP contribution in [0.15, 0.2) is 29.6 Å². The van der Waals surface area contributed by atoms with Crippen LogP contribution in [0.2, 0.25) is 5.15 Å². The maximum absolute atomic E-state index is 12.1. The van der Waals surface area contributed by atoms with E-state index >= 15 is 0 Å². The van der Waals surface area contributed by atoms with Crippen molar-refractivity contribution >= 4 is 23.4 Å². The summed E-state index contributed by atoms with van der Waals surface area (Å²) in [6.45, 7) is -0.865. The molecule has 0 radical (unpaired) electrons. The first-order chi connectivity index (χ1) is 12.8. The minimum atomic E-state index is -4.44. The molecular formula is C14H15ClF3N7O2. The standard InChI is InChI=1S/C14H15ClF3N7O2/c15-9-6-20-7-11(23-9)26-4-1-5-27-13-21-3-2-10(25-13)24-12(19)22-8-14(16,17)18/h2-3,6-7H,1,4-5,8H2,(H3,19,21,22,24,25). The smallest absolute Gasteiger partial charge is 0.408 e. The van der Waals surface area contributed by atoms with Crippen molar-refractivity contribution in [1.82, 2.24) is 19.9 Å². The maximum atomic E-state index is 12.1. The summed E-state index contributed by atoms with van der Waals surface area (Å²) >= 11 is 5.68. The molecule has 0 aliphatic heterocycles. The molecule has 13 heteroatoms. The Morgan fingerprint density at radius 1 is 1.22 bits per heavy atom. The lowest BCUT2D eigenvalue weighted by Crippen LogP contribution is -2.26.